The van der Waals surface area contributed by atoms with Gasteiger partial charge in [-0.05, 0) is 31.1 Å². The monoisotopic (exact) mass is 160 g/mol. The Balaban J connectivity index is 2.22. The van der Waals surface area contributed by atoms with Crippen LogP contribution in [0.4, 0.5) is 0 Å². The van der Waals surface area contributed by atoms with Crippen LogP contribution >= 0.6 is 0 Å². The van der Waals surface area contributed by atoms with Crippen molar-refractivity contribution in [3.05, 3.63) is 0 Å². The molecule has 3 unspecified atom stereocenters. The van der Waals surface area contributed by atoms with Crippen molar-refractivity contribution in [2.45, 2.75) is 32.1 Å². The molecule has 2 bridgehead atoms. The fourth-order valence-corrected chi connectivity index (χ4v) is 2.98. The molecule has 0 N–H and O–H groups in total. The second-order valence-electron chi connectivity index (χ2n) is 4.18. The largest absolute Gasteiger partial charge is 0.198 e. The molecule has 2 fully saturated rings. The summed E-state index contributed by atoms with van der Waals surface area (Å²) in [6.07, 6.45) is 5.11. The van der Waals surface area contributed by atoms with Crippen LogP contribution in [0.15, 0.2) is 0 Å². The predicted molar refractivity (Wildman–Crippen MR) is 43.7 cm³/mol. The van der Waals surface area contributed by atoms with E-state index in [9.17, 15) is 0 Å². The zero-order valence-corrected chi connectivity index (χ0v) is 7.08. The van der Waals surface area contributed by atoms with Gasteiger partial charge in [-0.1, -0.05) is 6.42 Å². The molecule has 0 radical (unpaired) electrons. The summed E-state index contributed by atoms with van der Waals surface area (Å²) < 4.78 is 0. The third kappa shape index (κ3) is 0.847. The number of rotatable bonds is 1. The molecular formula is C10H12N2. The molecule has 2 aliphatic rings. The van der Waals surface area contributed by atoms with Gasteiger partial charge in [-0.3, -0.25) is 0 Å². The highest BCUT2D eigenvalue weighted by molar-refractivity contribution is 5.14. The minimum atomic E-state index is -0.252. The molecule has 2 rings (SSSR count). The summed E-state index contributed by atoms with van der Waals surface area (Å²) in [7, 11) is 0. The van der Waals surface area contributed by atoms with Crippen molar-refractivity contribution in [2.24, 2.45) is 17.3 Å². The maximum Gasteiger partial charge on any atom is 0.0734 e. The van der Waals surface area contributed by atoms with Crippen LogP contribution in [0, 0.1) is 39.9 Å². The van der Waals surface area contributed by atoms with Gasteiger partial charge in [-0.25, -0.2) is 0 Å². The number of hydrogen-bond acceptors (Lipinski definition) is 2. The van der Waals surface area contributed by atoms with E-state index in [1.54, 1.807) is 0 Å². The Morgan fingerprint density at radius 3 is 2.58 bits per heavy atom. The molecule has 12 heavy (non-hydrogen) atoms. The van der Waals surface area contributed by atoms with Gasteiger partial charge < -0.3 is 0 Å². The van der Waals surface area contributed by atoms with Crippen LogP contribution in [-0.2, 0) is 0 Å². The fourth-order valence-electron chi connectivity index (χ4n) is 2.98. The van der Waals surface area contributed by atoms with Gasteiger partial charge in [0.2, 0.25) is 0 Å². The number of nitriles is 2. The summed E-state index contributed by atoms with van der Waals surface area (Å²) in [5, 5.41) is 17.7. The first kappa shape index (κ1) is 7.62. The lowest BCUT2D eigenvalue weighted by molar-refractivity contribution is 0.246. The topological polar surface area (TPSA) is 47.6 Å². The molecule has 62 valence electrons. The lowest BCUT2D eigenvalue weighted by Gasteiger charge is -2.28. The van der Waals surface area contributed by atoms with Crippen molar-refractivity contribution in [3.8, 4) is 12.1 Å². The molecule has 0 aliphatic heterocycles. The third-order valence-corrected chi connectivity index (χ3v) is 3.59. The molecule has 2 saturated carbocycles. The zero-order valence-electron chi connectivity index (χ0n) is 7.08. The minimum Gasteiger partial charge on any atom is -0.198 e. The lowest BCUT2D eigenvalue weighted by Crippen LogP contribution is -2.25. The molecule has 0 saturated heterocycles. The molecule has 2 aliphatic carbocycles. The summed E-state index contributed by atoms with van der Waals surface area (Å²) in [6.45, 7) is 0. The van der Waals surface area contributed by atoms with Crippen molar-refractivity contribution in [3.63, 3.8) is 0 Å². The number of hydrogen-bond donors (Lipinski definition) is 0. The molecule has 0 aromatic heterocycles. The molecule has 3 atom stereocenters. The van der Waals surface area contributed by atoms with Crippen LogP contribution < -0.4 is 0 Å². The van der Waals surface area contributed by atoms with E-state index in [0.29, 0.717) is 12.3 Å². The van der Waals surface area contributed by atoms with Crippen molar-refractivity contribution < 1.29 is 0 Å². The van der Waals surface area contributed by atoms with Crippen molar-refractivity contribution in [1.29, 1.82) is 10.5 Å². The summed E-state index contributed by atoms with van der Waals surface area (Å²) in [5.74, 6) is 1.29. The van der Waals surface area contributed by atoms with Crippen molar-refractivity contribution in [1.82, 2.24) is 0 Å². The summed E-state index contributed by atoms with van der Waals surface area (Å²) in [4.78, 5) is 0. The van der Waals surface area contributed by atoms with Gasteiger partial charge in [0, 0.05) is 0 Å². The SMILES string of the molecule is N#CCC1(C#N)CC2CCC1C2. The van der Waals surface area contributed by atoms with Gasteiger partial charge in [0.25, 0.3) is 0 Å². The van der Waals surface area contributed by atoms with E-state index in [4.69, 9.17) is 10.5 Å². The molecule has 0 aromatic carbocycles. The Bertz CT molecular complexity index is 271. The quantitative estimate of drug-likeness (QED) is 0.590. The number of fused-ring (bicyclic) bond motifs is 2. The van der Waals surface area contributed by atoms with Gasteiger partial charge in [0.1, 0.15) is 0 Å². The van der Waals surface area contributed by atoms with Crippen molar-refractivity contribution in [2.75, 3.05) is 0 Å². The summed E-state index contributed by atoms with van der Waals surface area (Å²) >= 11 is 0. The van der Waals surface area contributed by atoms with Gasteiger partial charge in [0.15, 0.2) is 0 Å². The Kier molecular flexibility index (Phi) is 1.58. The molecular weight excluding hydrogens is 148 g/mol. The average molecular weight is 160 g/mol. The second-order valence-corrected chi connectivity index (χ2v) is 4.18. The minimum absolute atomic E-state index is 0.252. The fraction of sp³-hybridized carbons (Fsp3) is 0.800. The van der Waals surface area contributed by atoms with E-state index >= 15 is 0 Å². The van der Waals surface area contributed by atoms with Crippen molar-refractivity contribution >= 4 is 0 Å². The van der Waals surface area contributed by atoms with E-state index in [0.717, 1.165) is 12.3 Å². The van der Waals surface area contributed by atoms with Gasteiger partial charge in [0.05, 0.1) is 24.0 Å². The highest BCUT2D eigenvalue weighted by Crippen LogP contribution is 2.57. The van der Waals surface area contributed by atoms with E-state index in [-0.39, 0.29) is 5.41 Å². The van der Waals surface area contributed by atoms with E-state index < -0.39 is 0 Å². The van der Waals surface area contributed by atoms with E-state index in [2.05, 4.69) is 12.1 Å². The molecule has 0 heterocycles. The lowest BCUT2D eigenvalue weighted by atomic mass is 9.72. The maximum atomic E-state index is 9.07. The highest BCUT2D eigenvalue weighted by Gasteiger charge is 2.51. The Labute approximate surface area is 72.8 Å². The van der Waals surface area contributed by atoms with Crippen LogP contribution in [0.2, 0.25) is 0 Å². The molecule has 0 spiro atoms. The Morgan fingerprint density at radius 1 is 1.33 bits per heavy atom. The molecule has 2 nitrogen and oxygen atoms in total. The molecule has 0 aromatic rings. The second kappa shape index (κ2) is 2.49. The van der Waals surface area contributed by atoms with Crippen LogP contribution in [0.1, 0.15) is 32.1 Å². The molecule has 2 heteroatoms. The zero-order chi connectivity index (χ0) is 8.60. The summed E-state index contributed by atoms with van der Waals surface area (Å²) in [6, 6.07) is 4.55. The van der Waals surface area contributed by atoms with E-state index in [1.807, 2.05) is 0 Å². The third-order valence-electron chi connectivity index (χ3n) is 3.59. The van der Waals surface area contributed by atoms with Gasteiger partial charge in [-0.2, -0.15) is 10.5 Å². The predicted octanol–water partition coefficient (Wildman–Crippen LogP) is 2.23. The molecule has 0 amide bonds. The van der Waals surface area contributed by atoms with Crippen LogP contribution in [0.5, 0.6) is 0 Å². The van der Waals surface area contributed by atoms with Gasteiger partial charge >= 0.3 is 0 Å². The van der Waals surface area contributed by atoms with E-state index in [1.165, 1.54) is 19.3 Å². The van der Waals surface area contributed by atoms with Crippen LogP contribution in [0.25, 0.3) is 0 Å². The average Bonchev–Trinajstić information content (AvgIpc) is 2.64. The van der Waals surface area contributed by atoms with Gasteiger partial charge in [-0.15, -0.1) is 0 Å². The first-order valence-corrected chi connectivity index (χ1v) is 4.59. The Morgan fingerprint density at radius 2 is 2.17 bits per heavy atom. The first-order valence-electron chi connectivity index (χ1n) is 4.59. The Hall–Kier alpha value is -1.02. The smallest absolute Gasteiger partial charge is 0.0734 e. The number of nitrogens with zero attached hydrogens (tertiary/aromatic N) is 2. The highest BCUT2D eigenvalue weighted by atomic mass is 14.5. The first-order chi connectivity index (χ1) is 5.80. The maximum absolute atomic E-state index is 9.07. The normalized spacial score (nSPS) is 43.8. The van der Waals surface area contributed by atoms with Crippen LogP contribution in [-0.4, -0.2) is 0 Å². The summed E-state index contributed by atoms with van der Waals surface area (Å²) in [5.41, 5.74) is -0.252. The standard InChI is InChI=1S/C10H12N2/c11-4-3-10(7-12)6-8-1-2-9(10)5-8/h8-9H,1-3,5-6H2. The van der Waals surface area contributed by atoms with Crippen LogP contribution in [0.3, 0.4) is 0 Å².